The van der Waals surface area contributed by atoms with E-state index < -0.39 is 0 Å². The van der Waals surface area contributed by atoms with Gasteiger partial charge < -0.3 is 10.5 Å². The number of nitrogens with two attached hydrogens (primary N) is 1. The molecule has 2 rings (SSSR count). The minimum Gasteiger partial charge on any atom is -0.439 e. The molecule has 0 aliphatic carbocycles. The fourth-order valence-corrected chi connectivity index (χ4v) is 1.56. The number of halogens is 1. The van der Waals surface area contributed by atoms with Crippen molar-refractivity contribution in [3.63, 3.8) is 0 Å². The van der Waals surface area contributed by atoms with Crippen molar-refractivity contribution < 1.29 is 9.13 Å². The van der Waals surface area contributed by atoms with Crippen molar-refractivity contribution in [1.82, 2.24) is 4.98 Å². The number of aromatic nitrogens is 1. The van der Waals surface area contributed by atoms with Crippen LogP contribution in [0.4, 0.5) is 4.39 Å². The van der Waals surface area contributed by atoms with Crippen LogP contribution >= 0.6 is 0 Å². The van der Waals surface area contributed by atoms with Crippen LogP contribution in [0.25, 0.3) is 0 Å². The van der Waals surface area contributed by atoms with Gasteiger partial charge in [0.25, 0.3) is 0 Å². The van der Waals surface area contributed by atoms with Crippen molar-refractivity contribution in [2.24, 2.45) is 5.73 Å². The first-order valence-electron chi connectivity index (χ1n) is 5.72. The first kappa shape index (κ1) is 12.5. The van der Waals surface area contributed by atoms with Gasteiger partial charge in [-0.3, -0.25) is 0 Å². The van der Waals surface area contributed by atoms with E-state index in [0.717, 1.165) is 11.1 Å². The third-order valence-corrected chi connectivity index (χ3v) is 2.64. The van der Waals surface area contributed by atoms with Crippen molar-refractivity contribution in [2.45, 2.75) is 19.9 Å². The zero-order valence-electron chi connectivity index (χ0n) is 10.4. The van der Waals surface area contributed by atoms with E-state index in [-0.39, 0.29) is 11.9 Å². The van der Waals surface area contributed by atoms with Crippen molar-refractivity contribution in [3.05, 3.63) is 53.5 Å². The van der Waals surface area contributed by atoms with Gasteiger partial charge in [-0.15, -0.1) is 0 Å². The van der Waals surface area contributed by atoms with Crippen LogP contribution in [-0.4, -0.2) is 4.98 Å². The van der Waals surface area contributed by atoms with Crippen LogP contribution < -0.4 is 10.5 Å². The van der Waals surface area contributed by atoms with Gasteiger partial charge in [0.2, 0.25) is 5.88 Å². The van der Waals surface area contributed by atoms with Crippen LogP contribution in [0.1, 0.15) is 24.1 Å². The lowest BCUT2D eigenvalue weighted by molar-refractivity contribution is 0.457. The van der Waals surface area contributed by atoms with Gasteiger partial charge in [-0.25, -0.2) is 9.37 Å². The third-order valence-electron chi connectivity index (χ3n) is 2.64. The monoisotopic (exact) mass is 246 g/mol. The lowest BCUT2D eigenvalue weighted by Crippen LogP contribution is -2.05. The summed E-state index contributed by atoms with van der Waals surface area (Å²) in [5, 5.41) is 0. The summed E-state index contributed by atoms with van der Waals surface area (Å²) in [6, 6.07) is 7.93. The van der Waals surface area contributed by atoms with E-state index in [0.29, 0.717) is 11.6 Å². The first-order valence-corrected chi connectivity index (χ1v) is 5.72. The smallest absolute Gasteiger partial charge is 0.219 e. The van der Waals surface area contributed by atoms with E-state index in [1.54, 1.807) is 25.3 Å². The molecule has 4 heteroatoms. The SMILES string of the molecule is Cc1cc(F)ccc1Oc1ccc(C(C)N)cn1. The summed E-state index contributed by atoms with van der Waals surface area (Å²) < 4.78 is 18.5. The maximum atomic E-state index is 12.9. The number of pyridine rings is 1. The highest BCUT2D eigenvalue weighted by atomic mass is 19.1. The average molecular weight is 246 g/mol. The van der Waals surface area contributed by atoms with Gasteiger partial charge >= 0.3 is 0 Å². The molecule has 18 heavy (non-hydrogen) atoms. The molecule has 1 aromatic heterocycles. The molecule has 0 radical (unpaired) electrons. The number of hydrogen-bond acceptors (Lipinski definition) is 3. The number of benzene rings is 1. The molecule has 2 aromatic rings. The Kier molecular flexibility index (Phi) is 3.58. The number of hydrogen-bond donors (Lipinski definition) is 1. The van der Waals surface area contributed by atoms with E-state index in [2.05, 4.69) is 4.98 Å². The summed E-state index contributed by atoms with van der Waals surface area (Å²) in [6.45, 7) is 3.68. The first-order chi connectivity index (χ1) is 8.56. The second-order valence-electron chi connectivity index (χ2n) is 4.23. The molecule has 0 fully saturated rings. The maximum Gasteiger partial charge on any atom is 0.219 e. The molecule has 1 aromatic carbocycles. The number of ether oxygens (including phenoxy) is 1. The van der Waals surface area contributed by atoms with Gasteiger partial charge in [0.1, 0.15) is 11.6 Å². The van der Waals surface area contributed by atoms with Crippen LogP contribution in [0.5, 0.6) is 11.6 Å². The normalized spacial score (nSPS) is 12.2. The number of aryl methyl sites for hydroxylation is 1. The summed E-state index contributed by atoms with van der Waals surface area (Å²) in [5.41, 5.74) is 7.41. The maximum absolute atomic E-state index is 12.9. The topological polar surface area (TPSA) is 48.1 Å². The largest absolute Gasteiger partial charge is 0.439 e. The van der Waals surface area contributed by atoms with E-state index >= 15 is 0 Å². The average Bonchev–Trinajstić information content (AvgIpc) is 2.33. The number of rotatable bonds is 3. The minimum absolute atomic E-state index is 0.0564. The lowest BCUT2D eigenvalue weighted by Gasteiger charge is -2.09. The van der Waals surface area contributed by atoms with Crippen molar-refractivity contribution in [3.8, 4) is 11.6 Å². The molecule has 1 atom stereocenters. The van der Waals surface area contributed by atoms with Crippen molar-refractivity contribution in [1.29, 1.82) is 0 Å². The lowest BCUT2D eigenvalue weighted by atomic mass is 10.2. The molecule has 0 amide bonds. The van der Waals surface area contributed by atoms with Crippen LogP contribution in [0.15, 0.2) is 36.5 Å². The second-order valence-corrected chi connectivity index (χ2v) is 4.23. The quantitative estimate of drug-likeness (QED) is 0.903. The van der Waals surface area contributed by atoms with Gasteiger partial charge in [0.15, 0.2) is 0 Å². The Morgan fingerprint density at radius 1 is 1.28 bits per heavy atom. The van der Waals surface area contributed by atoms with Crippen LogP contribution in [0, 0.1) is 12.7 Å². The van der Waals surface area contributed by atoms with Crippen molar-refractivity contribution >= 4 is 0 Å². The zero-order chi connectivity index (χ0) is 13.1. The molecule has 0 bridgehead atoms. The summed E-state index contributed by atoms with van der Waals surface area (Å²) >= 11 is 0. The molecular formula is C14H15FN2O. The van der Waals surface area contributed by atoms with E-state index in [1.165, 1.54) is 12.1 Å². The Hall–Kier alpha value is -1.94. The Morgan fingerprint density at radius 2 is 2.06 bits per heavy atom. The highest BCUT2D eigenvalue weighted by Crippen LogP contribution is 2.24. The second kappa shape index (κ2) is 5.14. The van der Waals surface area contributed by atoms with E-state index in [9.17, 15) is 4.39 Å². The van der Waals surface area contributed by atoms with Gasteiger partial charge in [-0.1, -0.05) is 6.07 Å². The van der Waals surface area contributed by atoms with E-state index in [4.69, 9.17) is 10.5 Å². The highest BCUT2D eigenvalue weighted by molar-refractivity contribution is 5.35. The van der Waals surface area contributed by atoms with Crippen LogP contribution in [0.2, 0.25) is 0 Å². The molecule has 0 spiro atoms. The van der Waals surface area contributed by atoms with Crippen LogP contribution in [-0.2, 0) is 0 Å². The zero-order valence-corrected chi connectivity index (χ0v) is 10.4. The molecule has 1 heterocycles. The Labute approximate surface area is 105 Å². The molecule has 2 N–H and O–H groups in total. The minimum atomic E-state index is -0.278. The van der Waals surface area contributed by atoms with Crippen molar-refractivity contribution in [2.75, 3.05) is 0 Å². The standard InChI is InChI=1S/C14H15FN2O/c1-9-7-12(15)4-5-13(9)18-14-6-3-11(8-17-14)10(2)16/h3-8,10H,16H2,1-2H3. The summed E-state index contributed by atoms with van der Waals surface area (Å²) in [5.74, 6) is 0.784. The molecule has 0 aliphatic rings. The molecular weight excluding hydrogens is 231 g/mol. The molecule has 0 saturated carbocycles. The molecule has 1 unspecified atom stereocenters. The van der Waals surface area contributed by atoms with Gasteiger partial charge in [0, 0.05) is 18.3 Å². The Bertz CT molecular complexity index is 538. The summed E-state index contributed by atoms with van der Waals surface area (Å²) in [6.07, 6.45) is 1.68. The van der Waals surface area contributed by atoms with Gasteiger partial charge in [-0.2, -0.15) is 0 Å². The van der Waals surface area contributed by atoms with Gasteiger partial charge in [0.05, 0.1) is 0 Å². The fraction of sp³-hybridized carbons (Fsp3) is 0.214. The Morgan fingerprint density at radius 3 is 2.61 bits per heavy atom. The van der Waals surface area contributed by atoms with E-state index in [1.807, 2.05) is 13.0 Å². The predicted molar refractivity (Wildman–Crippen MR) is 68.1 cm³/mol. The van der Waals surface area contributed by atoms with Gasteiger partial charge in [-0.05, 0) is 43.2 Å². The molecule has 0 saturated heterocycles. The number of nitrogens with zero attached hydrogens (tertiary/aromatic N) is 1. The fourth-order valence-electron chi connectivity index (χ4n) is 1.56. The predicted octanol–water partition coefficient (Wildman–Crippen LogP) is 3.34. The molecule has 94 valence electrons. The summed E-state index contributed by atoms with van der Waals surface area (Å²) in [7, 11) is 0. The molecule has 3 nitrogen and oxygen atoms in total. The third kappa shape index (κ3) is 2.84. The summed E-state index contributed by atoms with van der Waals surface area (Å²) in [4.78, 5) is 4.16. The Balaban J connectivity index is 2.18. The van der Waals surface area contributed by atoms with Crippen LogP contribution in [0.3, 0.4) is 0 Å². The highest BCUT2D eigenvalue weighted by Gasteiger charge is 2.05. The molecule has 0 aliphatic heterocycles.